The molecular formula is C18H19NO4S. The fourth-order valence-electron chi connectivity index (χ4n) is 3.45. The van der Waals surface area contributed by atoms with Crippen LogP contribution in [0.5, 0.6) is 0 Å². The molecule has 3 rings (SSSR count). The maximum atomic E-state index is 13.0. The van der Waals surface area contributed by atoms with Gasteiger partial charge in [-0.15, -0.1) is 0 Å². The molecule has 3 atom stereocenters. The standard InChI is InChI=1S/C18H19NO4S/c1-12-7-9-14(10-8-12)24(22,23)16-15(13-5-3-2-4-6-13)18(16,11-19)17(20)21/h2-10,15-16H,11,19H2,1H3,(H,20,21)/t15-,16-,18-/m1/s1. The lowest BCUT2D eigenvalue weighted by Crippen LogP contribution is -2.31. The molecule has 0 bridgehead atoms. The molecule has 6 heteroatoms. The molecule has 0 spiro atoms. The molecule has 2 aromatic rings. The van der Waals surface area contributed by atoms with Crippen LogP contribution in [0.2, 0.25) is 0 Å². The zero-order chi connectivity index (χ0) is 17.5. The molecule has 0 aliphatic heterocycles. The summed E-state index contributed by atoms with van der Waals surface area (Å²) in [6.07, 6.45) is 0. The molecule has 0 amide bonds. The third-order valence-corrected chi connectivity index (χ3v) is 7.13. The summed E-state index contributed by atoms with van der Waals surface area (Å²) in [4.78, 5) is 12.0. The Labute approximate surface area is 141 Å². The van der Waals surface area contributed by atoms with Crippen molar-refractivity contribution in [1.29, 1.82) is 0 Å². The fourth-order valence-corrected chi connectivity index (χ4v) is 5.84. The van der Waals surface area contributed by atoms with E-state index in [0.29, 0.717) is 5.56 Å². The van der Waals surface area contributed by atoms with Crippen LogP contribution >= 0.6 is 0 Å². The Morgan fingerprint density at radius 2 is 1.71 bits per heavy atom. The van der Waals surface area contributed by atoms with Gasteiger partial charge in [-0.25, -0.2) is 8.42 Å². The van der Waals surface area contributed by atoms with Gasteiger partial charge in [-0.05, 0) is 24.6 Å². The smallest absolute Gasteiger partial charge is 0.312 e. The molecule has 126 valence electrons. The summed E-state index contributed by atoms with van der Waals surface area (Å²) in [6, 6.07) is 15.3. The average Bonchev–Trinajstić information content (AvgIpc) is 3.28. The van der Waals surface area contributed by atoms with E-state index in [2.05, 4.69) is 0 Å². The van der Waals surface area contributed by atoms with Crippen LogP contribution in [0.4, 0.5) is 0 Å². The number of rotatable bonds is 5. The van der Waals surface area contributed by atoms with Crippen molar-refractivity contribution in [3.8, 4) is 0 Å². The van der Waals surface area contributed by atoms with Gasteiger partial charge in [0.25, 0.3) is 0 Å². The number of hydrogen-bond acceptors (Lipinski definition) is 4. The molecule has 1 saturated carbocycles. The largest absolute Gasteiger partial charge is 0.481 e. The SMILES string of the molecule is Cc1ccc(S(=O)(=O)[C@@H]2[C@@H](c3ccccc3)[C@@]2(CN)C(=O)O)cc1. The zero-order valence-electron chi connectivity index (χ0n) is 13.2. The van der Waals surface area contributed by atoms with Crippen molar-refractivity contribution in [3.63, 3.8) is 0 Å². The van der Waals surface area contributed by atoms with Gasteiger partial charge < -0.3 is 10.8 Å². The van der Waals surface area contributed by atoms with Crippen LogP contribution in [0.1, 0.15) is 17.0 Å². The van der Waals surface area contributed by atoms with Crippen molar-refractivity contribution in [1.82, 2.24) is 0 Å². The molecule has 1 aliphatic rings. The lowest BCUT2D eigenvalue weighted by molar-refractivity contribution is -0.143. The summed E-state index contributed by atoms with van der Waals surface area (Å²) in [5, 5.41) is 8.66. The number of carboxylic acids is 1. The van der Waals surface area contributed by atoms with Crippen molar-refractivity contribution >= 4 is 15.8 Å². The van der Waals surface area contributed by atoms with E-state index >= 15 is 0 Å². The van der Waals surface area contributed by atoms with Gasteiger partial charge >= 0.3 is 5.97 Å². The van der Waals surface area contributed by atoms with E-state index in [4.69, 9.17) is 5.73 Å². The second-order valence-corrected chi connectivity index (χ2v) is 8.29. The Kier molecular flexibility index (Phi) is 3.97. The predicted molar refractivity (Wildman–Crippen MR) is 90.5 cm³/mol. The zero-order valence-corrected chi connectivity index (χ0v) is 14.0. The van der Waals surface area contributed by atoms with Gasteiger partial charge in [0, 0.05) is 12.5 Å². The Hall–Kier alpha value is -2.18. The minimum atomic E-state index is -3.81. The number of nitrogens with two attached hydrogens (primary N) is 1. The summed E-state index contributed by atoms with van der Waals surface area (Å²) < 4.78 is 26.1. The fraction of sp³-hybridized carbons (Fsp3) is 0.278. The molecule has 0 unspecified atom stereocenters. The van der Waals surface area contributed by atoms with E-state index < -0.39 is 32.4 Å². The highest BCUT2D eigenvalue weighted by Gasteiger charge is 2.75. The summed E-state index contributed by atoms with van der Waals surface area (Å²) in [5.74, 6) is -1.81. The van der Waals surface area contributed by atoms with Crippen LogP contribution in [-0.2, 0) is 14.6 Å². The van der Waals surface area contributed by atoms with Gasteiger partial charge in [0.05, 0.1) is 10.1 Å². The van der Waals surface area contributed by atoms with Crippen molar-refractivity contribution in [2.45, 2.75) is 23.0 Å². The van der Waals surface area contributed by atoms with Crippen LogP contribution in [0.25, 0.3) is 0 Å². The van der Waals surface area contributed by atoms with Crippen LogP contribution in [0.3, 0.4) is 0 Å². The molecule has 0 heterocycles. The highest BCUT2D eigenvalue weighted by atomic mass is 32.2. The highest BCUT2D eigenvalue weighted by Crippen LogP contribution is 2.63. The van der Waals surface area contributed by atoms with Crippen molar-refractivity contribution in [2.75, 3.05) is 6.54 Å². The minimum absolute atomic E-state index is 0.135. The van der Waals surface area contributed by atoms with Crippen molar-refractivity contribution < 1.29 is 18.3 Å². The molecule has 0 saturated heterocycles. The number of hydrogen-bond donors (Lipinski definition) is 2. The first-order valence-electron chi connectivity index (χ1n) is 7.64. The summed E-state index contributed by atoms with van der Waals surface area (Å²) in [6.45, 7) is 1.64. The van der Waals surface area contributed by atoms with E-state index in [1.54, 1.807) is 42.5 Å². The molecule has 5 nitrogen and oxygen atoms in total. The Bertz CT molecular complexity index is 862. The molecule has 2 aromatic carbocycles. The van der Waals surface area contributed by atoms with E-state index in [1.807, 2.05) is 6.92 Å². The maximum Gasteiger partial charge on any atom is 0.312 e. The number of sulfone groups is 1. The van der Waals surface area contributed by atoms with Gasteiger partial charge in [0.1, 0.15) is 5.41 Å². The number of aliphatic carboxylic acids is 1. The second kappa shape index (κ2) is 5.72. The quantitative estimate of drug-likeness (QED) is 0.863. The molecule has 0 aromatic heterocycles. The second-order valence-electron chi connectivity index (χ2n) is 6.22. The van der Waals surface area contributed by atoms with Crippen LogP contribution in [0.15, 0.2) is 59.5 Å². The van der Waals surface area contributed by atoms with E-state index in [1.165, 1.54) is 12.1 Å². The summed E-state index contributed by atoms with van der Waals surface area (Å²) >= 11 is 0. The first-order chi connectivity index (χ1) is 11.4. The van der Waals surface area contributed by atoms with Gasteiger partial charge in [0.2, 0.25) is 0 Å². The van der Waals surface area contributed by atoms with Crippen molar-refractivity contribution in [3.05, 3.63) is 65.7 Å². The minimum Gasteiger partial charge on any atom is -0.481 e. The summed E-state index contributed by atoms with van der Waals surface area (Å²) in [5.41, 5.74) is 5.88. The molecular weight excluding hydrogens is 326 g/mol. The van der Waals surface area contributed by atoms with Crippen LogP contribution in [-0.4, -0.2) is 31.3 Å². The topological polar surface area (TPSA) is 97.5 Å². The highest BCUT2D eigenvalue weighted by molar-refractivity contribution is 7.92. The summed E-state index contributed by atoms with van der Waals surface area (Å²) in [7, 11) is -3.81. The van der Waals surface area contributed by atoms with Gasteiger partial charge in [-0.3, -0.25) is 4.79 Å². The molecule has 1 fully saturated rings. The third-order valence-electron chi connectivity index (χ3n) is 4.83. The van der Waals surface area contributed by atoms with E-state index in [0.717, 1.165) is 5.56 Å². The number of carboxylic acid groups (broad SMARTS) is 1. The first-order valence-corrected chi connectivity index (χ1v) is 9.19. The number of carbonyl (C=O) groups is 1. The Morgan fingerprint density at radius 1 is 1.12 bits per heavy atom. The lowest BCUT2D eigenvalue weighted by Gasteiger charge is -2.10. The molecule has 24 heavy (non-hydrogen) atoms. The van der Waals surface area contributed by atoms with Gasteiger partial charge in [-0.1, -0.05) is 48.0 Å². The van der Waals surface area contributed by atoms with E-state index in [-0.39, 0.29) is 11.4 Å². The number of benzene rings is 2. The van der Waals surface area contributed by atoms with Crippen molar-refractivity contribution in [2.24, 2.45) is 11.1 Å². The first kappa shape index (κ1) is 16.7. The van der Waals surface area contributed by atoms with Gasteiger partial charge in [-0.2, -0.15) is 0 Å². The normalized spacial score (nSPS) is 26.1. The van der Waals surface area contributed by atoms with Crippen LogP contribution in [0, 0.1) is 12.3 Å². The molecule has 1 aliphatic carbocycles. The van der Waals surface area contributed by atoms with Crippen LogP contribution < -0.4 is 5.73 Å². The Balaban J connectivity index is 2.11. The molecule has 3 N–H and O–H groups in total. The van der Waals surface area contributed by atoms with E-state index in [9.17, 15) is 18.3 Å². The maximum absolute atomic E-state index is 13.0. The third kappa shape index (κ3) is 2.34. The number of aryl methyl sites for hydroxylation is 1. The predicted octanol–water partition coefficient (Wildman–Crippen LogP) is 1.96. The monoisotopic (exact) mass is 345 g/mol. The molecule has 0 radical (unpaired) electrons. The Morgan fingerprint density at radius 3 is 2.21 bits per heavy atom. The average molecular weight is 345 g/mol. The lowest BCUT2D eigenvalue weighted by atomic mass is 9.99. The van der Waals surface area contributed by atoms with Gasteiger partial charge in [0.15, 0.2) is 9.84 Å².